The minimum Gasteiger partial charge on any atom is -0.383 e. The van der Waals surface area contributed by atoms with E-state index in [0.29, 0.717) is 18.8 Å². The van der Waals surface area contributed by atoms with Gasteiger partial charge in [0.25, 0.3) is 5.91 Å². The Morgan fingerprint density at radius 2 is 2.16 bits per heavy atom. The molecule has 6 heteroatoms. The number of carbonyl (C=O) groups is 1. The molecule has 0 radical (unpaired) electrons. The number of amides is 1. The quantitative estimate of drug-likeness (QED) is 0.796. The number of hydrogen-bond donors (Lipinski definition) is 2. The van der Waals surface area contributed by atoms with Crippen LogP contribution in [0.4, 0.5) is 11.4 Å². The van der Waals surface area contributed by atoms with E-state index in [9.17, 15) is 4.79 Å². The lowest BCUT2D eigenvalue weighted by atomic mass is 10.2. The Balaban J connectivity index is 2.05. The summed E-state index contributed by atoms with van der Waals surface area (Å²) < 4.78 is 4.98. The Morgan fingerprint density at radius 3 is 2.84 bits per heavy atom. The van der Waals surface area contributed by atoms with Crippen LogP contribution in [-0.2, 0) is 4.74 Å². The first-order valence-electron chi connectivity index (χ1n) is 5.82. The van der Waals surface area contributed by atoms with Crippen molar-refractivity contribution < 1.29 is 9.53 Å². The minimum absolute atomic E-state index is 0.206. The van der Waals surface area contributed by atoms with Gasteiger partial charge in [-0.2, -0.15) is 0 Å². The van der Waals surface area contributed by atoms with E-state index >= 15 is 0 Å². The van der Waals surface area contributed by atoms with Gasteiger partial charge in [0.2, 0.25) is 0 Å². The van der Waals surface area contributed by atoms with Crippen LogP contribution in [0.25, 0.3) is 0 Å². The first kappa shape index (κ1) is 13.5. The van der Waals surface area contributed by atoms with Gasteiger partial charge < -0.3 is 15.4 Å². The summed E-state index contributed by atoms with van der Waals surface area (Å²) in [6.45, 7) is 1.29. The van der Waals surface area contributed by atoms with Gasteiger partial charge in [-0.1, -0.05) is 12.1 Å². The molecule has 1 aromatic heterocycles. The zero-order chi connectivity index (χ0) is 13.5. The van der Waals surface area contributed by atoms with E-state index in [0.717, 1.165) is 11.4 Å². The van der Waals surface area contributed by atoms with Gasteiger partial charge in [-0.3, -0.25) is 4.79 Å². The second kappa shape index (κ2) is 6.86. The van der Waals surface area contributed by atoms with Crippen LogP contribution in [0.5, 0.6) is 0 Å². The molecule has 2 N–H and O–H groups in total. The fraction of sp³-hybridized carbons (Fsp3) is 0.231. The number of para-hydroxylation sites is 2. The Kier molecular flexibility index (Phi) is 4.88. The van der Waals surface area contributed by atoms with Gasteiger partial charge in [0.15, 0.2) is 0 Å². The van der Waals surface area contributed by atoms with E-state index in [-0.39, 0.29) is 5.91 Å². The standard InChI is InChI=1S/C13H15N3O2S/c1-18-7-6-14-10-4-2-3-5-11(10)16-13(17)12-8-19-9-15-12/h2-5,8-9,14H,6-7H2,1H3,(H,16,17). The minimum atomic E-state index is -0.206. The van der Waals surface area contributed by atoms with Crippen molar-refractivity contribution in [2.75, 3.05) is 30.9 Å². The van der Waals surface area contributed by atoms with E-state index in [4.69, 9.17) is 4.74 Å². The molecule has 0 spiro atoms. The predicted octanol–water partition coefficient (Wildman–Crippen LogP) is 2.45. The monoisotopic (exact) mass is 277 g/mol. The van der Waals surface area contributed by atoms with Gasteiger partial charge in [0.05, 0.1) is 23.5 Å². The van der Waals surface area contributed by atoms with Crippen molar-refractivity contribution in [3.05, 3.63) is 40.8 Å². The molecule has 100 valence electrons. The summed E-state index contributed by atoms with van der Waals surface area (Å²) in [4.78, 5) is 15.9. The topological polar surface area (TPSA) is 63.2 Å². The van der Waals surface area contributed by atoms with Gasteiger partial charge in [-0.25, -0.2) is 4.98 Å². The molecule has 2 aromatic rings. The maximum atomic E-state index is 11.9. The van der Waals surface area contributed by atoms with Crippen molar-refractivity contribution in [1.29, 1.82) is 0 Å². The fourth-order valence-electron chi connectivity index (χ4n) is 1.55. The predicted molar refractivity (Wildman–Crippen MR) is 76.9 cm³/mol. The molecular weight excluding hydrogens is 262 g/mol. The second-order valence-corrected chi connectivity index (χ2v) is 4.51. The number of carbonyl (C=O) groups excluding carboxylic acids is 1. The average molecular weight is 277 g/mol. The summed E-state index contributed by atoms with van der Waals surface area (Å²) in [5.41, 5.74) is 3.66. The lowest BCUT2D eigenvalue weighted by Crippen LogP contribution is -2.15. The SMILES string of the molecule is COCCNc1ccccc1NC(=O)c1cscn1. The summed E-state index contributed by atoms with van der Waals surface area (Å²) >= 11 is 1.40. The number of anilines is 2. The molecule has 0 saturated heterocycles. The third kappa shape index (κ3) is 3.77. The summed E-state index contributed by atoms with van der Waals surface area (Å²) in [7, 11) is 1.65. The lowest BCUT2D eigenvalue weighted by Gasteiger charge is -2.12. The molecule has 0 atom stereocenters. The van der Waals surface area contributed by atoms with Crippen molar-refractivity contribution in [2.45, 2.75) is 0 Å². The molecule has 0 fully saturated rings. The highest BCUT2D eigenvalue weighted by molar-refractivity contribution is 7.07. The lowest BCUT2D eigenvalue weighted by molar-refractivity contribution is 0.102. The van der Waals surface area contributed by atoms with Crippen LogP contribution < -0.4 is 10.6 Å². The largest absolute Gasteiger partial charge is 0.383 e. The van der Waals surface area contributed by atoms with E-state index in [1.165, 1.54) is 11.3 Å². The van der Waals surface area contributed by atoms with Gasteiger partial charge in [-0.05, 0) is 12.1 Å². The molecule has 0 unspecified atom stereocenters. The number of methoxy groups -OCH3 is 1. The Morgan fingerprint density at radius 1 is 1.37 bits per heavy atom. The number of hydrogen-bond acceptors (Lipinski definition) is 5. The van der Waals surface area contributed by atoms with Crippen molar-refractivity contribution in [1.82, 2.24) is 4.98 Å². The molecule has 0 aliphatic carbocycles. The first-order valence-corrected chi connectivity index (χ1v) is 6.77. The van der Waals surface area contributed by atoms with Crippen LogP contribution in [0, 0.1) is 0 Å². The molecule has 19 heavy (non-hydrogen) atoms. The van der Waals surface area contributed by atoms with Crippen molar-refractivity contribution in [3.63, 3.8) is 0 Å². The zero-order valence-corrected chi connectivity index (χ0v) is 11.4. The summed E-state index contributed by atoms with van der Waals surface area (Å²) in [5.74, 6) is -0.206. The van der Waals surface area contributed by atoms with Crippen LogP contribution >= 0.6 is 11.3 Å². The molecule has 2 rings (SSSR count). The first-order chi connectivity index (χ1) is 9.31. The Labute approximate surface area is 115 Å². The van der Waals surface area contributed by atoms with E-state index in [1.54, 1.807) is 18.0 Å². The summed E-state index contributed by atoms with van der Waals surface area (Å²) in [5, 5.41) is 7.77. The molecule has 1 aromatic carbocycles. The van der Waals surface area contributed by atoms with E-state index < -0.39 is 0 Å². The van der Waals surface area contributed by atoms with Crippen LogP contribution in [0.15, 0.2) is 35.2 Å². The molecule has 0 aliphatic heterocycles. The van der Waals surface area contributed by atoms with Gasteiger partial charge in [0, 0.05) is 19.0 Å². The number of ether oxygens (including phenoxy) is 1. The van der Waals surface area contributed by atoms with E-state index in [1.807, 2.05) is 24.3 Å². The van der Waals surface area contributed by atoms with Crippen LogP contribution in [0.2, 0.25) is 0 Å². The molecule has 0 bridgehead atoms. The molecule has 0 saturated carbocycles. The highest BCUT2D eigenvalue weighted by atomic mass is 32.1. The fourth-order valence-corrected chi connectivity index (χ4v) is 2.08. The second-order valence-electron chi connectivity index (χ2n) is 3.79. The Hall–Kier alpha value is -1.92. The Bertz CT molecular complexity index is 528. The highest BCUT2D eigenvalue weighted by Gasteiger charge is 2.10. The third-order valence-corrected chi connectivity index (χ3v) is 3.05. The maximum Gasteiger partial charge on any atom is 0.275 e. The van der Waals surface area contributed by atoms with Crippen LogP contribution in [0.3, 0.4) is 0 Å². The number of nitrogens with one attached hydrogen (secondary N) is 2. The number of rotatable bonds is 6. The van der Waals surface area contributed by atoms with Gasteiger partial charge in [-0.15, -0.1) is 11.3 Å². The molecule has 0 aliphatic rings. The van der Waals surface area contributed by atoms with Crippen LogP contribution in [0.1, 0.15) is 10.5 Å². The van der Waals surface area contributed by atoms with Gasteiger partial charge >= 0.3 is 0 Å². The maximum absolute atomic E-state index is 11.9. The summed E-state index contributed by atoms with van der Waals surface area (Å²) in [6.07, 6.45) is 0. The zero-order valence-electron chi connectivity index (χ0n) is 10.6. The van der Waals surface area contributed by atoms with E-state index in [2.05, 4.69) is 15.6 Å². The van der Waals surface area contributed by atoms with Gasteiger partial charge in [0.1, 0.15) is 5.69 Å². The highest BCUT2D eigenvalue weighted by Crippen LogP contribution is 2.21. The number of nitrogens with zero attached hydrogens (tertiary/aromatic N) is 1. The van der Waals surface area contributed by atoms with Crippen molar-refractivity contribution >= 4 is 28.6 Å². The van der Waals surface area contributed by atoms with Crippen molar-refractivity contribution in [2.24, 2.45) is 0 Å². The number of thiazole rings is 1. The number of benzene rings is 1. The molecule has 1 heterocycles. The van der Waals surface area contributed by atoms with Crippen molar-refractivity contribution in [3.8, 4) is 0 Å². The average Bonchev–Trinajstić information content (AvgIpc) is 2.95. The molecule has 5 nitrogen and oxygen atoms in total. The third-order valence-electron chi connectivity index (χ3n) is 2.46. The van der Waals surface area contributed by atoms with Crippen LogP contribution in [-0.4, -0.2) is 31.2 Å². The molecular formula is C13H15N3O2S. The molecule has 1 amide bonds. The summed E-state index contributed by atoms with van der Waals surface area (Å²) in [6, 6.07) is 7.54. The normalized spacial score (nSPS) is 10.2. The smallest absolute Gasteiger partial charge is 0.275 e. The number of aromatic nitrogens is 1.